The van der Waals surface area contributed by atoms with E-state index in [2.05, 4.69) is 20.4 Å². The molecule has 1 N–H and O–H groups in total. The molecule has 0 saturated carbocycles. The van der Waals surface area contributed by atoms with Crippen LogP contribution < -0.4 is 0 Å². The van der Waals surface area contributed by atoms with Crippen molar-refractivity contribution in [2.75, 3.05) is 0 Å². The van der Waals surface area contributed by atoms with E-state index in [-0.39, 0.29) is 6.10 Å². The van der Waals surface area contributed by atoms with E-state index < -0.39 is 0 Å². The zero-order chi connectivity index (χ0) is 7.98. The van der Waals surface area contributed by atoms with Crippen LogP contribution in [0, 0.1) is 5.92 Å². The third-order valence-electron chi connectivity index (χ3n) is 1.81. The van der Waals surface area contributed by atoms with Crippen molar-refractivity contribution in [3.8, 4) is 0 Å². The van der Waals surface area contributed by atoms with Crippen LogP contribution in [0.15, 0.2) is 12.7 Å². The summed E-state index contributed by atoms with van der Waals surface area (Å²) in [7, 11) is 0. The van der Waals surface area contributed by atoms with E-state index in [1.807, 2.05) is 0 Å². The maximum Gasteiger partial charge on any atom is 0.0577 e. The second-order valence-electron chi connectivity index (χ2n) is 2.93. The van der Waals surface area contributed by atoms with E-state index in [1.54, 1.807) is 6.08 Å². The highest BCUT2D eigenvalue weighted by atomic mass is 16.3. The molecule has 60 valence electrons. The van der Waals surface area contributed by atoms with E-state index in [0.29, 0.717) is 5.92 Å². The number of hydrogen-bond acceptors (Lipinski definition) is 1. The molecule has 0 radical (unpaired) electrons. The minimum absolute atomic E-state index is 0.174. The van der Waals surface area contributed by atoms with Gasteiger partial charge in [0.05, 0.1) is 6.10 Å². The summed E-state index contributed by atoms with van der Waals surface area (Å²) in [6, 6.07) is 0. The molecule has 0 aliphatic heterocycles. The van der Waals surface area contributed by atoms with Crippen molar-refractivity contribution in [3.63, 3.8) is 0 Å². The Balaban J connectivity index is 3.35. The van der Waals surface area contributed by atoms with Crippen LogP contribution in [0.1, 0.15) is 33.1 Å². The van der Waals surface area contributed by atoms with Crippen LogP contribution in [-0.2, 0) is 0 Å². The molecule has 1 heteroatoms. The summed E-state index contributed by atoms with van der Waals surface area (Å²) in [6.45, 7) is 7.88. The zero-order valence-electron chi connectivity index (χ0n) is 7.01. The van der Waals surface area contributed by atoms with Gasteiger partial charge in [0.25, 0.3) is 0 Å². The minimum atomic E-state index is -0.174. The highest BCUT2D eigenvalue weighted by Gasteiger charge is 2.05. The Morgan fingerprint density at radius 1 is 1.60 bits per heavy atom. The summed E-state index contributed by atoms with van der Waals surface area (Å²) in [5, 5.41) is 9.28. The first-order chi connectivity index (χ1) is 4.70. The van der Waals surface area contributed by atoms with Gasteiger partial charge in [-0.3, -0.25) is 0 Å². The van der Waals surface area contributed by atoms with E-state index in [1.165, 1.54) is 0 Å². The van der Waals surface area contributed by atoms with Crippen molar-refractivity contribution < 1.29 is 5.11 Å². The van der Waals surface area contributed by atoms with E-state index in [0.717, 1.165) is 19.3 Å². The minimum Gasteiger partial charge on any atom is -0.393 e. The van der Waals surface area contributed by atoms with Crippen LogP contribution in [0.4, 0.5) is 0 Å². The van der Waals surface area contributed by atoms with Crippen molar-refractivity contribution in [3.05, 3.63) is 12.7 Å². The van der Waals surface area contributed by atoms with Gasteiger partial charge in [-0.25, -0.2) is 0 Å². The Morgan fingerprint density at radius 2 is 2.20 bits per heavy atom. The first kappa shape index (κ1) is 9.70. The maximum atomic E-state index is 9.28. The lowest BCUT2D eigenvalue weighted by Crippen LogP contribution is -2.09. The fraction of sp³-hybridized carbons (Fsp3) is 0.778. The molecular weight excluding hydrogens is 124 g/mol. The number of hydrogen-bond donors (Lipinski definition) is 1. The van der Waals surface area contributed by atoms with Crippen molar-refractivity contribution in [2.24, 2.45) is 5.92 Å². The van der Waals surface area contributed by atoms with E-state index >= 15 is 0 Å². The summed E-state index contributed by atoms with van der Waals surface area (Å²) in [5.74, 6) is 0.634. The van der Waals surface area contributed by atoms with E-state index in [4.69, 9.17) is 0 Å². The molecule has 0 aliphatic rings. The van der Waals surface area contributed by atoms with Gasteiger partial charge >= 0.3 is 0 Å². The van der Waals surface area contributed by atoms with Crippen molar-refractivity contribution in [2.45, 2.75) is 39.2 Å². The first-order valence-electron chi connectivity index (χ1n) is 3.99. The molecular formula is C9H18O. The third-order valence-corrected chi connectivity index (χ3v) is 1.81. The van der Waals surface area contributed by atoms with E-state index in [9.17, 15) is 5.11 Å². The molecule has 10 heavy (non-hydrogen) atoms. The molecule has 0 saturated heterocycles. The lowest BCUT2D eigenvalue weighted by atomic mass is 9.99. The summed E-state index contributed by atoms with van der Waals surface area (Å²) in [6.07, 6.45) is 4.38. The van der Waals surface area contributed by atoms with Crippen molar-refractivity contribution in [1.82, 2.24) is 0 Å². The molecule has 0 aromatic carbocycles. The van der Waals surface area contributed by atoms with Crippen LogP contribution in [0.5, 0.6) is 0 Å². The number of rotatable bonds is 5. The smallest absolute Gasteiger partial charge is 0.0577 e. The van der Waals surface area contributed by atoms with Crippen LogP contribution in [0.25, 0.3) is 0 Å². The second-order valence-corrected chi connectivity index (χ2v) is 2.93. The molecule has 0 spiro atoms. The average molecular weight is 142 g/mol. The van der Waals surface area contributed by atoms with Crippen molar-refractivity contribution >= 4 is 0 Å². The molecule has 0 aliphatic carbocycles. The largest absolute Gasteiger partial charge is 0.393 e. The Labute approximate surface area is 63.8 Å². The van der Waals surface area contributed by atoms with Gasteiger partial charge in [-0.1, -0.05) is 26.3 Å². The van der Waals surface area contributed by atoms with Crippen LogP contribution >= 0.6 is 0 Å². The van der Waals surface area contributed by atoms with Crippen LogP contribution in [0.2, 0.25) is 0 Å². The quantitative estimate of drug-likeness (QED) is 0.584. The Morgan fingerprint density at radius 3 is 2.60 bits per heavy atom. The lowest BCUT2D eigenvalue weighted by Gasteiger charge is -2.12. The Kier molecular flexibility index (Phi) is 5.32. The molecule has 0 rings (SSSR count). The van der Waals surface area contributed by atoms with Gasteiger partial charge in [-0.2, -0.15) is 0 Å². The topological polar surface area (TPSA) is 20.2 Å². The predicted octanol–water partition coefficient (Wildman–Crippen LogP) is 2.36. The molecule has 2 atom stereocenters. The highest BCUT2D eigenvalue weighted by Crippen LogP contribution is 2.11. The molecule has 0 aromatic heterocycles. The van der Waals surface area contributed by atoms with Gasteiger partial charge in [-0.15, -0.1) is 6.58 Å². The fourth-order valence-corrected chi connectivity index (χ4v) is 0.920. The molecule has 0 heterocycles. The van der Waals surface area contributed by atoms with Crippen LogP contribution in [-0.4, -0.2) is 11.2 Å². The van der Waals surface area contributed by atoms with Gasteiger partial charge in [0, 0.05) is 0 Å². The molecule has 0 fully saturated rings. The lowest BCUT2D eigenvalue weighted by molar-refractivity contribution is 0.147. The monoisotopic (exact) mass is 142 g/mol. The summed E-state index contributed by atoms with van der Waals surface area (Å²) in [4.78, 5) is 0. The normalized spacial score (nSPS) is 16.3. The summed E-state index contributed by atoms with van der Waals surface area (Å²) in [5.41, 5.74) is 0. The molecule has 0 aromatic rings. The first-order valence-corrected chi connectivity index (χ1v) is 3.99. The number of aliphatic hydroxyl groups is 1. The standard InChI is InChI=1S/C9H18O/c1-4-6-9(10)7-8(3)5-2/h4,8-10H,1,5-7H2,2-3H3/t8-,9+/m1/s1. The Hall–Kier alpha value is -0.300. The van der Waals surface area contributed by atoms with Gasteiger partial charge < -0.3 is 5.11 Å². The highest BCUT2D eigenvalue weighted by molar-refractivity contribution is 4.73. The summed E-state index contributed by atoms with van der Waals surface area (Å²) < 4.78 is 0. The number of aliphatic hydroxyl groups excluding tert-OH is 1. The SMILES string of the molecule is C=CC[C@H](O)C[C@H](C)CC. The zero-order valence-corrected chi connectivity index (χ0v) is 7.01. The third kappa shape index (κ3) is 4.57. The maximum absolute atomic E-state index is 9.28. The molecule has 1 nitrogen and oxygen atoms in total. The molecule has 0 unspecified atom stereocenters. The fourth-order valence-electron chi connectivity index (χ4n) is 0.920. The van der Waals surface area contributed by atoms with Gasteiger partial charge in [-0.05, 0) is 18.8 Å². The Bertz CT molecular complexity index is 88.7. The van der Waals surface area contributed by atoms with Gasteiger partial charge in [0.2, 0.25) is 0 Å². The molecule has 0 amide bonds. The predicted molar refractivity (Wildman–Crippen MR) is 44.9 cm³/mol. The van der Waals surface area contributed by atoms with Crippen molar-refractivity contribution in [1.29, 1.82) is 0 Å². The average Bonchev–Trinajstić information content (AvgIpc) is 1.88. The van der Waals surface area contributed by atoms with Gasteiger partial charge in [0.15, 0.2) is 0 Å². The van der Waals surface area contributed by atoms with Crippen LogP contribution in [0.3, 0.4) is 0 Å². The summed E-state index contributed by atoms with van der Waals surface area (Å²) >= 11 is 0. The molecule has 0 bridgehead atoms. The van der Waals surface area contributed by atoms with Gasteiger partial charge in [0.1, 0.15) is 0 Å². The second kappa shape index (κ2) is 5.48.